The Morgan fingerprint density at radius 3 is 2.67 bits per heavy atom. The highest BCUT2D eigenvalue weighted by Gasteiger charge is 2.22. The van der Waals surface area contributed by atoms with Gasteiger partial charge in [-0.1, -0.05) is 24.3 Å². The Morgan fingerprint density at radius 1 is 1.29 bits per heavy atom. The molecule has 1 amide bonds. The molecule has 0 aromatic heterocycles. The fraction of sp³-hybridized carbons (Fsp3) is 0.133. The van der Waals surface area contributed by atoms with Crippen molar-refractivity contribution >= 4 is 17.3 Å². The fourth-order valence-electron chi connectivity index (χ4n) is 2.04. The Hall–Kier alpha value is -2.73. The first kappa shape index (κ1) is 14.7. The molecule has 6 nitrogen and oxygen atoms in total. The van der Waals surface area contributed by atoms with Crippen LogP contribution in [-0.2, 0) is 6.61 Å². The number of benzene rings is 2. The minimum Gasteiger partial charge on any atom is -0.392 e. The van der Waals surface area contributed by atoms with Crippen LogP contribution in [0.25, 0.3) is 0 Å². The number of carbonyl (C=O) groups is 1. The molecule has 0 aliphatic rings. The zero-order valence-corrected chi connectivity index (χ0v) is 11.4. The molecule has 0 atom stereocenters. The van der Waals surface area contributed by atoms with Crippen LogP contribution < -0.4 is 5.32 Å². The quantitative estimate of drug-likeness (QED) is 0.667. The fourth-order valence-corrected chi connectivity index (χ4v) is 2.04. The summed E-state index contributed by atoms with van der Waals surface area (Å²) < 4.78 is 0. The summed E-state index contributed by atoms with van der Waals surface area (Å²) in [6.07, 6.45) is 0. The number of nitro benzene ring substituents is 1. The molecule has 0 heterocycles. The van der Waals surface area contributed by atoms with Crippen molar-refractivity contribution in [2.24, 2.45) is 0 Å². The molecule has 0 aliphatic carbocycles. The number of nitro groups is 1. The average molecular weight is 286 g/mol. The lowest BCUT2D eigenvalue weighted by Crippen LogP contribution is -2.15. The standard InChI is InChI=1S/C15H14N2O4/c1-10-4-2-7-13(17(20)21)14(10)15(19)16-12-6-3-5-11(8-12)9-18/h2-8,18H,9H2,1H3,(H,16,19). The first-order valence-corrected chi connectivity index (χ1v) is 6.28. The van der Waals surface area contributed by atoms with E-state index in [1.54, 1.807) is 37.3 Å². The van der Waals surface area contributed by atoms with Crippen molar-refractivity contribution < 1.29 is 14.8 Å². The van der Waals surface area contributed by atoms with Crippen LogP contribution in [0, 0.1) is 17.0 Å². The van der Waals surface area contributed by atoms with Crippen LogP contribution in [0.3, 0.4) is 0 Å². The van der Waals surface area contributed by atoms with Crippen molar-refractivity contribution in [3.05, 3.63) is 69.3 Å². The predicted molar refractivity (Wildman–Crippen MR) is 78.2 cm³/mol. The number of aliphatic hydroxyl groups is 1. The number of anilines is 1. The number of carbonyl (C=O) groups excluding carboxylic acids is 1. The van der Waals surface area contributed by atoms with Crippen molar-refractivity contribution in [3.63, 3.8) is 0 Å². The van der Waals surface area contributed by atoms with Crippen LogP contribution in [0.15, 0.2) is 42.5 Å². The van der Waals surface area contributed by atoms with Gasteiger partial charge in [0.05, 0.1) is 11.5 Å². The molecule has 108 valence electrons. The van der Waals surface area contributed by atoms with Crippen molar-refractivity contribution in [1.82, 2.24) is 0 Å². The smallest absolute Gasteiger partial charge is 0.282 e. The third-order valence-corrected chi connectivity index (χ3v) is 3.04. The summed E-state index contributed by atoms with van der Waals surface area (Å²) in [4.78, 5) is 22.7. The number of hydrogen-bond acceptors (Lipinski definition) is 4. The molecule has 0 saturated carbocycles. The Morgan fingerprint density at radius 2 is 2.00 bits per heavy atom. The maximum Gasteiger partial charge on any atom is 0.282 e. The molecular formula is C15H14N2O4. The first-order valence-electron chi connectivity index (χ1n) is 6.28. The lowest BCUT2D eigenvalue weighted by Gasteiger charge is -2.09. The second kappa shape index (κ2) is 6.15. The first-order chi connectivity index (χ1) is 10.0. The summed E-state index contributed by atoms with van der Waals surface area (Å²) in [6, 6.07) is 11.2. The lowest BCUT2D eigenvalue weighted by molar-refractivity contribution is -0.385. The molecule has 0 fully saturated rings. The lowest BCUT2D eigenvalue weighted by atomic mass is 10.1. The molecule has 2 rings (SSSR count). The van der Waals surface area contributed by atoms with Gasteiger partial charge in [0.1, 0.15) is 5.56 Å². The number of amides is 1. The second-order valence-electron chi connectivity index (χ2n) is 4.54. The topological polar surface area (TPSA) is 92.5 Å². The van der Waals surface area contributed by atoms with E-state index in [0.717, 1.165) is 0 Å². The molecule has 0 saturated heterocycles. The highest BCUT2D eigenvalue weighted by Crippen LogP contribution is 2.23. The second-order valence-corrected chi connectivity index (χ2v) is 4.54. The number of aryl methyl sites for hydroxylation is 1. The van der Waals surface area contributed by atoms with Gasteiger partial charge in [0.25, 0.3) is 11.6 Å². The normalized spacial score (nSPS) is 10.2. The van der Waals surface area contributed by atoms with Crippen LogP contribution in [0.4, 0.5) is 11.4 Å². The van der Waals surface area contributed by atoms with Gasteiger partial charge in [-0.25, -0.2) is 0 Å². The molecule has 6 heteroatoms. The molecular weight excluding hydrogens is 272 g/mol. The Bertz CT molecular complexity index is 698. The summed E-state index contributed by atoms with van der Waals surface area (Å²) in [5.41, 5.74) is 1.46. The van der Waals surface area contributed by atoms with Crippen molar-refractivity contribution in [3.8, 4) is 0 Å². The minimum absolute atomic E-state index is 0.0388. The molecule has 2 N–H and O–H groups in total. The highest BCUT2D eigenvalue weighted by atomic mass is 16.6. The van der Waals surface area contributed by atoms with E-state index in [2.05, 4.69) is 5.32 Å². The maximum absolute atomic E-state index is 12.3. The largest absolute Gasteiger partial charge is 0.392 e. The van der Waals surface area contributed by atoms with E-state index in [1.807, 2.05) is 0 Å². The molecule has 0 aliphatic heterocycles. The number of nitrogens with one attached hydrogen (secondary N) is 1. The van der Waals surface area contributed by atoms with Crippen molar-refractivity contribution in [2.75, 3.05) is 5.32 Å². The van der Waals surface area contributed by atoms with Gasteiger partial charge in [0, 0.05) is 11.8 Å². The van der Waals surface area contributed by atoms with E-state index in [4.69, 9.17) is 5.11 Å². The van der Waals surface area contributed by atoms with Gasteiger partial charge in [-0.3, -0.25) is 14.9 Å². The molecule has 0 bridgehead atoms. The van der Waals surface area contributed by atoms with Crippen molar-refractivity contribution in [1.29, 1.82) is 0 Å². The van der Waals surface area contributed by atoms with Crippen LogP contribution in [0.2, 0.25) is 0 Å². The van der Waals surface area contributed by atoms with Gasteiger partial charge in [0.2, 0.25) is 0 Å². The average Bonchev–Trinajstić information content (AvgIpc) is 2.46. The maximum atomic E-state index is 12.3. The molecule has 21 heavy (non-hydrogen) atoms. The van der Waals surface area contributed by atoms with E-state index in [1.165, 1.54) is 12.1 Å². The SMILES string of the molecule is Cc1cccc([N+](=O)[O-])c1C(=O)Nc1cccc(CO)c1. The summed E-state index contributed by atoms with van der Waals surface area (Å²) in [7, 11) is 0. The van der Waals surface area contributed by atoms with Crippen LogP contribution in [-0.4, -0.2) is 15.9 Å². The minimum atomic E-state index is -0.577. The third-order valence-electron chi connectivity index (χ3n) is 3.04. The van der Waals surface area contributed by atoms with Gasteiger partial charge >= 0.3 is 0 Å². The molecule has 2 aromatic carbocycles. The molecule has 0 spiro atoms. The third kappa shape index (κ3) is 3.24. The highest BCUT2D eigenvalue weighted by molar-refractivity contribution is 6.08. The van der Waals surface area contributed by atoms with E-state index in [9.17, 15) is 14.9 Å². The summed E-state index contributed by atoms with van der Waals surface area (Å²) >= 11 is 0. The van der Waals surface area contributed by atoms with Crippen LogP contribution in [0.1, 0.15) is 21.5 Å². The van der Waals surface area contributed by atoms with Crippen LogP contribution >= 0.6 is 0 Å². The number of aliphatic hydroxyl groups excluding tert-OH is 1. The van der Waals surface area contributed by atoms with E-state index < -0.39 is 10.8 Å². The predicted octanol–water partition coefficient (Wildman–Crippen LogP) is 2.65. The monoisotopic (exact) mass is 286 g/mol. The van der Waals surface area contributed by atoms with E-state index in [0.29, 0.717) is 16.8 Å². The van der Waals surface area contributed by atoms with Gasteiger partial charge in [-0.2, -0.15) is 0 Å². The molecule has 0 radical (unpaired) electrons. The zero-order valence-electron chi connectivity index (χ0n) is 11.4. The molecule has 2 aromatic rings. The Balaban J connectivity index is 2.34. The van der Waals surface area contributed by atoms with E-state index >= 15 is 0 Å². The van der Waals surface area contributed by atoms with Gasteiger partial charge in [-0.15, -0.1) is 0 Å². The van der Waals surface area contributed by atoms with Gasteiger partial charge < -0.3 is 10.4 Å². The number of hydrogen-bond donors (Lipinski definition) is 2. The summed E-state index contributed by atoms with van der Waals surface area (Å²) in [5.74, 6) is -0.546. The summed E-state index contributed by atoms with van der Waals surface area (Å²) in [6.45, 7) is 1.50. The van der Waals surface area contributed by atoms with Crippen LogP contribution in [0.5, 0.6) is 0 Å². The van der Waals surface area contributed by atoms with Gasteiger partial charge in [-0.05, 0) is 30.2 Å². The number of rotatable bonds is 4. The zero-order chi connectivity index (χ0) is 15.4. The Kier molecular flexibility index (Phi) is 4.30. The summed E-state index contributed by atoms with van der Waals surface area (Å²) in [5, 5.41) is 22.7. The van der Waals surface area contributed by atoms with Crippen molar-refractivity contribution in [2.45, 2.75) is 13.5 Å². The molecule has 0 unspecified atom stereocenters. The van der Waals surface area contributed by atoms with Gasteiger partial charge in [0.15, 0.2) is 0 Å². The Labute approximate surface area is 121 Å². The van der Waals surface area contributed by atoms with E-state index in [-0.39, 0.29) is 17.9 Å². The number of nitrogens with zero attached hydrogens (tertiary/aromatic N) is 1.